The minimum Gasteiger partial charge on any atom is -0.462 e. The van der Waals surface area contributed by atoms with E-state index >= 15 is 0 Å². The Hall–Kier alpha value is -2.63. The number of hydrogen-bond acceptors (Lipinski definition) is 6. The van der Waals surface area contributed by atoms with E-state index in [9.17, 15) is 14.4 Å². The molecule has 0 saturated heterocycles. The van der Waals surface area contributed by atoms with Crippen molar-refractivity contribution in [2.24, 2.45) is 0 Å². The van der Waals surface area contributed by atoms with E-state index in [4.69, 9.17) is 14.2 Å². The van der Waals surface area contributed by atoms with E-state index in [0.717, 1.165) is 77.0 Å². The molecule has 0 spiro atoms. The summed E-state index contributed by atoms with van der Waals surface area (Å²) in [6.07, 6.45) is 68.3. The van der Waals surface area contributed by atoms with Crippen molar-refractivity contribution in [2.45, 2.75) is 309 Å². The molecule has 0 rings (SSSR count). The Kier molecular flexibility index (Phi) is 53.8. The number of allylic oxidation sites excluding steroid dienone is 8. The molecule has 1 unspecified atom stereocenters. The number of carbonyl (C=O) groups is 3. The third-order valence-electron chi connectivity index (χ3n) is 12.8. The van der Waals surface area contributed by atoms with Gasteiger partial charge in [-0.2, -0.15) is 0 Å². The molecule has 0 heterocycles. The highest BCUT2D eigenvalue weighted by Gasteiger charge is 2.19. The molecule has 0 aromatic carbocycles. The summed E-state index contributed by atoms with van der Waals surface area (Å²) in [7, 11) is 0. The van der Waals surface area contributed by atoms with Crippen molar-refractivity contribution in [3.05, 3.63) is 48.6 Å². The maximum absolute atomic E-state index is 12.8. The fourth-order valence-corrected chi connectivity index (χ4v) is 8.49. The molecule has 0 saturated carbocycles. The quantitative estimate of drug-likeness (QED) is 0.0262. The molecule has 0 aliphatic rings. The van der Waals surface area contributed by atoms with Gasteiger partial charge in [0, 0.05) is 19.3 Å². The molecule has 0 aromatic rings. The van der Waals surface area contributed by atoms with Crippen LogP contribution < -0.4 is 0 Å². The van der Waals surface area contributed by atoms with Gasteiger partial charge in [-0.1, -0.05) is 275 Å². The smallest absolute Gasteiger partial charge is 0.306 e. The first-order valence-electron chi connectivity index (χ1n) is 29.1. The van der Waals surface area contributed by atoms with Gasteiger partial charge >= 0.3 is 17.9 Å². The summed E-state index contributed by atoms with van der Waals surface area (Å²) < 4.78 is 16.8. The minimum atomic E-state index is -0.791. The minimum absolute atomic E-state index is 0.0856. The van der Waals surface area contributed by atoms with E-state index in [2.05, 4.69) is 69.4 Å². The van der Waals surface area contributed by atoms with Crippen molar-refractivity contribution in [1.82, 2.24) is 0 Å². The molecule has 6 nitrogen and oxygen atoms in total. The lowest BCUT2D eigenvalue weighted by atomic mass is 10.0. The van der Waals surface area contributed by atoms with E-state index in [1.165, 1.54) is 180 Å². The fourth-order valence-electron chi connectivity index (χ4n) is 8.49. The second kappa shape index (κ2) is 56.0. The molecule has 0 fully saturated rings. The van der Waals surface area contributed by atoms with E-state index in [1.807, 2.05) is 0 Å². The lowest BCUT2D eigenvalue weighted by molar-refractivity contribution is -0.167. The zero-order valence-electron chi connectivity index (χ0n) is 44.7. The van der Waals surface area contributed by atoms with Gasteiger partial charge in [-0.3, -0.25) is 14.4 Å². The lowest BCUT2D eigenvalue weighted by Crippen LogP contribution is -2.30. The van der Waals surface area contributed by atoms with Crippen molar-refractivity contribution in [2.75, 3.05) is 13.2 Å². The zero-order valence-corrected chi connectivity index (χ0v) is 44.7. The lowest BCUT2D eigenvalue weighted by Gasteiger charge is -2.18. The van der Waals surface area contributed by atoms with Gasteiger partial charge in [-0.15, -0.1) is 0 Å². The van der Waals surface area contributed by atoms with Crippen molar-refractivity contribution < 1.29 is 28.6 Å². The molecule has 0 aromatic heterocycles. The van der Waals surface area contributed by atoms with Crippen LogP contribution in [-0.2, 0) is 28.6 Å². The molecule has 1 atom stereocenters. The summed E-state index contributed by atoms with van der Waals surface area (Å²) in [4.78, 5) is 38.1. The van der Waals surface area contributed by atoms with Gasteiger partial charge in [0.2, 0.25) is 0 Å². The van der Waals surface area contributed by atoms with Gasteiger partial charge in [-0.05, 0) is 57.8 Å². The molecule has 67 heavy (non-hydrogen) atoms. The van der Waals surface area contributed by atoms with Crippen molar-refractivity contribution in [1.29, 1.82) is 0 Å². The first-order valence-corrected chi connectivity index (χ1v) is 29.1. The summed E-state index contributed by atoms with van der Waals surface area (Å²) in [6.45, 7) is 6.53. The van der Waals surface area contributed by atoms with E-state index < -0.39 is 6.10 Å². The van der Waals surface area contributed by atoms with Crippen LogP contribution in [0.15, 0.2) is 48.6 Å². The summed E-state index contributed by atoms with van der Waals surface area (Å²) in [5.41, 5.74) is 0. The van der Waals surface area contributed by atoms with Crippen LogP contribution in [-0.4, -0.2) is 37.2 Å². The highest BCUT2D eigenvalue weighted by atomic mass is 16.6. The Labute approximate surface area is 416 Å². The van der Waals surface area contributed by atoms with Crippen molar-refractivity contribution >= 4 is 17.9 Å². The highest BCUT2D eigenvalue weighted by molar-refractivity contribution is 5.71. The Morgan fingerprint density at radius 2 is 0.582 bits per heavy atom. The summed E-state index contributed by atoms with van der Waals surface area (Å²) >= 11 is 0. The average molecular weight is 940 g/mol. The van der Waals surface area contributed by atoms with Gasteiger partial charge in [0.1, 0.15) is 13.2 Å². The maximum Gasteiger partial charge on any atom is 0.306 e. The predicted molar refractivity (Wildman–Crippen MR) is 289 cm³/mol. The standard InChI is InChI=1S/C61H110O6/c1-4-7-10-13-16-19-22-25-27-28-29-30-31-32-33-35-36-39-42-45-48-51-54-60(63)66-57-58(56-65-59(62)53-50-47-44-41-38-24-21-18-15-12-9-6-3)67-61(64)55-52-49-46-43-40-37-34-26-23-20-17-14-11-8-5-2/h8,11,17,20,26,34,40,43,58H,4-7,9-10,12-16,18-19,21-25,27-33,35-39,41-42,44-57H2,1-3H3/b11-8-,20-17-,34-26-,43-40-. The molecule has 0 N–H and O–H groups in total. The van der Waals surface area contributed by atoms with Gasteiger partial charge in [-0.25, -0.2) is 0 Å². The SMILES string of the molecule is CC/C=C\C/C=C\C/C=C\C/C=C\CCCCC(=O)OC(COC(=O)CCCCCCCCCCCCCC)COC(=O)CCCCCCCCCCCCCCCCCCCCCCCC. The normalized spacial score (nSPS) is 12.3. The molecule has 390 valence electrons. The molecular formula is C61H110O6. The van der Waals surface area contributed by atoms with Crippen LogP contribution in [0.5, 0.6) is 0 Å². The monoisotopic (exact) mass is 939 g/mol. The number of carbonyl (C=O) groups excluding carboxylic acids is 3. The van der Waals surface area contributed by atoms with Gasteiger partial charge < -0.3 is 14.2 Å². The van der Waals surface area contributed by atoms with E-state index in [-0.39, 0.29) is 37.5 Å². The Balaban J connectivity index is 4.30. The molecular weight excluding hydrogens is 829 g/mol. The Bertz CT molecular complexity index is 1170. The summed E-state index contributed by atoms with van der Waals surface area (Å²) in [6, 6.07) is 0. The topological polar surface area (TPSA) is 78.9 Å². The number of hydrogen-bond donors (Lipinski definition) is 0. The first-order chi connectivity index (χ1) is 33.0. The van der Waals surface area contributed by atoms with Crippen LogP contribution in [0.2, 0.25) is 0 Å². The Morgan fingerprint density at radius 3 is 0.910 bits per heavy atom. The average Bonchev–Trinajstić information content (AvgIpc) is 3.33. The van der Waals surface area contributed by atoms with E-state index in [1.54, 1.807) is 0 Å². The van der Waals surface area contributed by atoms with Gasteiger partial charge in [0.15, 0.2) is 6.10 Å². The number of ether oxygens (including phenoxy) is 3. The molecule has 0 aliphatic heterocycles. The summed E-state index contributed by atoms with van der Waals surface area (Å²) in [5.74, 6) is -0.912. The van der Waals surface area contributed by atoms with Crippen LogP contribution in [0, 0.1) is 0 Å². The van der Waals surface area contributed by atoms with Crippen LogP contribution >= 0.6 is 0 Å². The van der Waals surface area contributed by atoms with Gasteiger partial charge in [0.25, 0.3) is 0 Å². The molecule has 6 heteroatoms. The second-order valence-corrected chi connectivity index (χ2v) is 19.5. The zero-order chi connectivity index (χ0) is 48.6. The summed E-state index contributed by atoms with van der Waals surface area (Å²) in [5, 5.41) is 0. The highest BCUT2D eigenvalue weighted by Crippen LogP contribution is 2.17. The fraction of sp³-hybridized carbons (Fsp3) is 0.820. The number of rotatable bonds is 53. The number of unbranched alkanes of at least 4 members (excludes halogenated alkanes) is 34. The number of esters is 3. The largest absolute Gasteiger partial charge is 0.462 e. The van der Waals surface area contributed by atoms with Crippen LogP contribution in [0.3, 0.4) is 0 Å². The maximum atomic E-state index is 12.8. The molecule has 0 bridgehead atoms. The van der Waals surface area contributed by atoms with E-state index in [0.29, 0.717) is 19.3 Å². The van der Waals surface area contributed by atoms with Crippen LogP contribution in [0.4, 0.5) is 0 Å². The molecule has 0 radical (unpaired) electrons. The Morgan fingerprint density at radius 1 is 0.313 bits per heavy atom. The van der Waals surface area contributed by atoms with Gasteiger partial charge in [0.05, 0.1) is 0 Å². The third-order valence-corrected chi connectivity index (χ3v) is 12.8. The second-order valence-electron chi connectivity index (χ2n) is 19.5. The van der Waals surface area contributed by atoms with Crippen LogP contribution in [0.25, 0.3) is 0 Å². The van der Waals surface area contributed by atoms with Crippen molar-refractivity contribution in [3.8, 4) is 0 Å². The molecule has 0 aliphatic carbocycles. The van der Waals surface area contributed by atoms with Crippen molar-refractivity contribution in [3.63, 3.8) is 0 Å². The molecule has 0 amide bonds. The first kappa shape index (κ1) is 64.4. The predicted octanol–water partition coefficient (Wildman–Crippen LogP) is 19.4. The third kappa shape index (κ3) is 54.2. The van der Waals surface area contributed by atoms with Crippen LogP contribution in [0.1, 0.15) is 303 Å².